The molecule has 43 heavy (non-hydrogen) atoms. The fourth-order valence-electron chi connectivity index (χ4n) is 4.06. The summed E-state index contributed by atoms with van der Waals surface area (Å²) in [4.78, 5) is 61.4. The highest BCUT2D eigenvalue weighted by Gasteiger charge is 2.54. The number of hydrogen-bond acceptors (Lipinski definition) is 15. The van der Waals surface area contributed by atoms with Crippen LogP contribution in [0, 0.1) is 5.41 Å². The number of anilines is 1. The normalized spacial score (nSPS) is 18.7. The molecule has 0 aliphatic carbocycles. The van der Waals surface area contributed by atoms with E-state index < -0.39 is 53.1 Å². The molecule has 1 saturated heterocycles. The van der Waals surface area contributed by atoms with Crippen LogP contribution in [0.5, 0.6) is 0 Å². The smallest absolute Gasteiger partial charge is 0.357 e. The summed E-state index contributed by atoms with van der Waals surface area (Å²) in [5.74, 6) is -2.18. The van der Waals surface area contributed by atoms with E-state index in [1.54, 1.807) is 49.8 Å². The second-order valence-corrected chi connectivity index (χ2v) is 13.2. The highest BCUT2D eigenvalue weighted by molar-refractivity contribution is 8.01. The SMILES string of the molecule is CC(C)(C)C(=O)OCOC(=O)C1=C(CSc2ccn3nccc3n2)CS[C@@H]2[C@H](NC(=O)C(=NO)c3csc(N)n3)C(=O)N12. The van der Waals surface area contributed by atoms with Crippen molar-refractivity contribution in [3.8, 4) is 0 Å². The van der Waals surface area contributed by atoms with Gasteiger partial charge in [0.25, 0.3) is 11.8 Å². The van der Waals surface area contributed by atoms with Gasteiger partial charge in [0, 0.05) is 29.1 Å². The standard InChI is InChI=1S/C25H26N8O7S3/c1-25(2,3)23(37)40-11-39-22(36)18-12(8-41-15-5-7-32-14(29-15)4-6-27-32)9-42-21-17(20(35)33(18)21)30-19(34)16(31-38)13-10-43-24(26)28-13/h4-7,10,17,21,38H,8-9,11H2,1-3H3,(H2,26,28)(H,30,34)/t17-,21-/m1/s1. The molecule has 0 bridgehead atoms. The zero-order valence-electron chi connectivity index (χ0n) is 23.0. The van der Waals surface area contributed by atoms with E-state index in [0.717, 1.165) is 11.3 Å². The van der Waals surface area contributed by atoms with Gasteiger partial charge in [0.2, 0.25) is 6.79 Å². The maximum Gasteiger partial charge on any atom is 0.357 e. The lowest BCUT2D eigenvalue weighted by atomic mass is 9.98. The molecule has 0 saturated carbocycles. The number of aromatic nitrogens is 4. The molecule has 0 spiro atoms. The van der Waals surface area contributed by atoms with E-state index in [9.17, 15) is 24.4 Å². The molecule has 0 unspecified atom stereocenters. The van der Waals surface area contributed by atoms with Gasteiger partial charge in [-0.05, 0) is 32.4 Å². The third-order valence-electron chi connectivity index (χ3n) is 6.23. The van der Waals surface area contributed by atoms with E-state index in [4.69, 9.17) is 15.2 Å². The summed E-state index contributed by atoms with van der Waals surface area (Å²) in [5.41, 5.74) is 5.72. The third kappa shape index (κ3) is 6.30. The van der Waals surface area contributed by atoms with Crippen LogP contribution in [-0.2, 0) is 28.7 Å². The van der Waals surface area contributed by atoms with Crippen molar-refractivity contribution in [3.05, 3.63) is 46.9 Å². The van der Waals surface area contributed by atoms with Crippen LogP contribution in [0.15, 0.2) is 51.4 Å². The highest BCUT2D eigenvalue weighted by Crippen LogP contribution is 2.42. The number of carbonyl (C=O) groups is 4. The van der Waals surface area contributed by atoms with Gasteiger partial charge in [-0.2, -0.15) is 5.10 Å². The average Bonchev–Trinajstić information content (AvgIpc) is 3.62. The second kappa shape index (κ2) is 12.2. The van der Waals surface area contributed by atoms with Gasteiger partial charge < -0.3 is 25.7 Å². The molecule has 5 heterocycles. The predicted octanol–water partition coefficient (Wildman–Crippen LogP) is 1.48. The van der Waals surface area contributed by atoms with E-state index in [1.165, 1.54) is 33.8 Å². The van der Waals surface area contributed by atoms with E-state index in [2.05, 4.69) is 25.5 Å². The van der Waals surface area contributed by atoms with Gasteiger partial charge in [-0.25, -0.2) is 19.3 Å². The van der Waals surface area contributed by atoms with Crippen LogP contribution in [-0.4, -0.2) is 88.9 Å². The number of thiazole rings is 1. The lowest BCUT2D eigenvalue weighted by Crippen LogP contribution is -2.71. The third-order valence-corrected chi connectivity index (χ3v) is 9.26. The molecule has 3 aromatic heterocycles. The first-order valence-corrected chi connectivity index (χ1v) is 15.6. The number of fused-ring (bicyclic) bond motifs is 2. The predicted molar refractivity (Wildman–Crippen MR) is 157 cm³/mol. The Balaban J connectivity index is 1.33. The number of ether oxygens (including phenoxy) is 2. The Morgan fingerprint density at radius 2 is 2.05 bits per heavy atom. The largest absolute Gasteiger partial charge is 0.427 e. The zero-order chi connectivity index (χ0) is 30.9. The van der Waals surface area contributed by atoms with Crippen LogP contribution in [0.2, 0.25) is 0 Å². The number of esters is 2. The van der Waals surface area contributed by atoms with Crippen molar-refractivity contribution < 1.29 is 33.9 Å². The number of β-lactam (4-membered cyclic amide) rings is 1. The molecule has 2 aliphatic heterocycles. The summed E-state index contributed by atoms with van der Waals surface area (Å²) in [6.45, 7) is 4.36. The maximum absolute atomic E-state index is 13.4. The van der Waals surface area contributed by atoms with Crippen molar-refractivity contribution in [1.82, 2.24) is 29.8 Å². The van der Waals surface area contributed by atoms with Crippen LogP contribution < -0.4 is 11.1 Å². The van der Waals surface area contributed by atoms with Gasteiger partial charge in [-0.1, -0.05) is 5.16 Å². The number of nitrogen functional groups attached to an aromatic ring is 1. The Morgan fingerprint density at radius 3 is 2.74 bits per heavy atom. The maximum atomic E-state index is 13.4. The first-order chi connectivity index (χ1) is 20.5. The van der Waals surface area contributed by atoms with E-state index in [0.29, 0.717) is 27.8 Å². The molecular formula is C25H26N8O7S3. The number of carbonyl (C=O) groups excluding carboxylic acids is 4. The molecule has 5 rings (SSSR count). The average molecular weight is 647 g/mol. The Bertz CT molecular complexity index is 1660. The van der Waals surface area contributed by atoms with E-state index in [1.807, 2.05) is 0 Å². The Labute approximate surface area is 256 Å². The Morgan fingerprint density at radius 1 is 1.26 bits per heavy atom. The van der Waals surface area contributed by atoms with E-state index >= 15 is 0 Å². The molecule has 2 atom stereocenters. The number of nitrogens with zero attached hydrogens (tertiary/aromatic N) is 6. The van der Waals surface area contributed by atoms with Crippen molar-refractivity contribution in [2.75, 3.05) is 24.0 Å². The molecule has 1 fully saturated rings. The summed E-state index contributed by atoms with van der Waals surface area (Å²) in [6, 6.07) is 2.52. The molecule has 226 valence electrons. The minimum absolute atomic E-state index is 0.00677. The minimum Gasteiger partial charge on any atom is -0.427 e. The number of nitrogens with two attached hydrogens (primary N) is 1. The van der Waals surface area contributed by atoms with Gasteiger partial charge in [0.1, 0.15) is 27.8 Å². The lowest BCUT2D eigenvalue weighted by molar-refractivity contribution is -0.173. The summed E-state index contributed by atoms with van der Waals surface area (Å²) in [6.07, 6.45) is 3.39. The van der Waals surface area contributed by atoms with Crippen molar-refractivity contribution in [2.24, 2.45) is 10.6 Å². The molecule has 15 nitrogen and oxygen atoms in total. The van der Waals surface area contributed by atoms with Gasteiger partial charge >= 0.3 is 11.9 Å². The van der Waals surface area contributed by atoms with Crippen molar-refractivity contribution >= 4 is 75.1 Å². The van der Waals surface area contributed by atoms with Crippen LogP contribution in [0.1, 0.15) is 26.5 Å². The monoisotopic (exact) mass is 646 g/mol. The number of thioether (sulfide) groups is 2. The van der Waals surface area contributed by atoms with E-state index in [-0.39, 0.29) is 16.5 Å². The second-order valence-electron chi connectivity index (χ2n) is 10.3. The van der Waals surface area contributed by atoms with Crippen LogP contribution in [0.25, 0.3) is 5.65 Å². The first kappa shape index (κ1) is 30.3. The van der Waals surface area contributed by atoms with Crippen LogP contribution >= 0.6 is 34.9 Å². The molecule has 18 heteroatoms. The lowest BCUT2D eigenvalue weighted by Gasteiger charge is -2.49. The minimum atomic E-state index is -1.02. The molecule has 4 N–H and O–H groups in total. The number of nitrogens with one attached hydrogen (secondary N) is 1. The number of hydrogen-bond donors (Lipinski definition) is 3. The quantitative estimate of drug-likeness (QED) is 0.0441. The summed E-state index contributed by atoms with van der Waals surface area (Å²) in [5, 5.41) is 20.8. The summed E-state index contributed by atoms with van der Waals surface area (Å²) >= 11 is 3.76. The van der Waals surface area contributed by atoms with Gasteiger partial charge in [0.15, 0.2) is 16.5 Å². The van der Waals surface area contributed by atoms with Gasteiger partial charge in [-0.15, -0.1) is 34.9 Å². The fraction of sp³-hybridized carbons (Fsp3) is 0.360. The topological polar surface area (TPSA) is 204 Å². The van der Waals surface area contributed by atoms with Crippen molar-refractivity contribution in [2.45, 2.75) is 37.2 Å². The van der Waals surface area contributed by atoms with Crippen LogP contribution in [0.3, 0.4) is 0 Å². The molecule has 0 radical (unpaired) electrons. The molecular weight excluding hydrogens is 621 g/mol. The Hall–Kier alpha value is -4.16. The van der Waals surface area contributed by atoms with Gasteiger partial charge in [0.05, 0.1) is 11.6 Å². The number of amides is 2. The summed E-state index contributed by atoms with van der Waals surface area (Å²) < 4.78 is 12.0. The Kier molecular flexibility index (Phi) is 8.61. The first-order valence-electron chi connectivity index (χ1n) is 12.7. The zero-order valence-corrected chi connectivity index (χ0v) is 25.5. The van der Waals surface area contributed by atoms with Gasteiger partial charge in [-0.3, -0.25) is 19.3 Å². The van der Waals surface area contributed by atoms with Crippen molar-refractivity contribution in [3.63, 3.8) is 0 Å². The number of oxime groups is 1. The number of rotatable bonds is 9. The molecule has 0 aromatic carbocycles. The highest BCUT2D eigenvalue weighted by atomic mass is 32.2. The molecule has 3 aromatic rings. The summed E-state index contributed by atoms with van der Waals surface area (Å²) in [7, 11) is 0. The van der Waals surface area contributed by atoms with Crippen LogP contribution in [0.4, 0.5) is 5.13 Å². The van der Waals surface area contributed by atoms with Crippen molar-refractivity contribution in [1.29, 1.82) is 0 Å². The molecule has 2 amide bonds. The fourth-order valence-corrected chi connectivity index (χ4v) is 6.96. The molecule has 2 aliphatic rings.